The van der Waals surface area contributed by atoms with Crippen molar-refractivity contribution in [2.45, 2.75) is 6.18 Å². The molecule has 3 rings (SSSR count). The van der Waals surface area contributed by atoms with Crippen LogP contribution in [0.3, 0.4) is 0 Å². The molecule has 92 valence electrons. The van der Waals surface area contributed by atoms with E-state index in [-0.39, 0.29) is 0 Å². The van der Waals surface area contributed by atoms with Crippen molar-refractivity contribution in [3.63, 3.8) is 0 Å². The summed E-state index contributed by atoms with van der Waals surface area (Å²) in [5, 5.41) is 3.05. The molecule has 0 spiro atoms. The molecule has 0 unspecified atom stereocenters. The van der Waals surface area contributed by atoms with E-state index < -0.39 is 11.7 Å². The molecular weight excluding hydrogens is 259 g/mol. The van der Waals surface area contributed by atoms with Gasteiger partial charge in [0.05, 0.1) is 5.56 Å². The maximum absolute atomic E-state index is 12.4. The number of alkyl halides is 3. The molecule has 2 aromatic heterocycles. The molecular formula is C13H8F3NS. The lowest BCUT2D eigenvalue weighted by atomic mass is 10.1. The number of hydrogen-bond donors (Lipinski definition) is 1. The summed E-state index contributed by atoms with van der Waals surface area (Å²) in [5.41, 5.74) is 0.969. The Labute approximate surface area is 105 Å². The Balaban J connectivity index is 2.00. The first-order valence-corrected chi connectivity index (χ1v) is 6.16. The maximum Gasteiger partial charge on any atom is 0.416 e. The highest BCUT2D eigenvalue weighted by Gasteiger charge is 2.29. The molecule has 0 aliphatic carbocycles. The third-order valence-corrected chi connectivity index (χ3v) is 3.61. The van der Waals surface area contributed by atoms with Crippen LogP contribution in [-0.4, -0.2) is 4.98 Å². The van der Waals surface area contributed by atoms with Gasteiger partial charge in [0, 0.05) is 11.1 Å². The maximum atomic E-state index is 12.4. The average Bonchev–Trinajstić information content (AvgIpc) is 2.88. The summed E-state index contributed by atoms with van der Waals surface area (Å²) in [5.74, 6) is 0. The Morgan fingerprint density at radius 1 is 1.00 bits per heavy atom. The fraction of sp³-hybridized carbons (Fsp3) is 0.0769. The molecule has 1 N–H and O–H groups in total. The second kappa shape index (κ2) is 3.88. The van der Waals surface area contributed by atoms with Crippen LogP contribution in [0.1, 0.15) is 5.56 Å². The van der Waals surface area contributed by atoms with Gasteiger partial charge in [-0.05, 0) is 35.2 Å². The highest BCUT2D eigenvalue weighted by atomic mass is 32.1. The monoisotopic (exact) mass is 267 g/mol. The summed E-state index contributed by atoms with van der Waals surface area (Å²) in [6, 6.07) is 9.09. The molecule has 0 aliphatic heterocycles. The van der Waals surface area contributed by atoms with Crippen LogP contribution >= 0.6 is 11.3 Å². The largest absolute Gasteiger partial charge is 0.416 e. The zero-order valence-corrected chi connectivity index (χ0v) is 9.90. The molecule has 0 atom stereocenters. The molecule has 0 radical (unpaired) electrons. The molecule has 18 heavy (non-hydrogen) atoms. The fourth-order valence-electron chi connectivity index (χ4n) is 1.84. The number of benzene rings is 1. The highest BCUT2D eigenvalue weighted by Crippen LogP contribution is 2.32. The van der Waals surface area contributed by atoms with E-state index in [1.807, 2.05) is 17.5 Å². The van der Waals surface area contributed by atoms with Crippen molar-refractivity contribution in [1.29, 1.82) is 0 Å². The van der Waals surface area contributed by atoms with Crippen LogP contribution in [0.4, 0.5) is 13.2 Å². The van der Waals surface area contributed by atoms with Gasteiger partial charge in [0.25, 0.3) is 0 Å². The number of aromatic amines is 1. The minimum atomic E-state index is -4.28. The number of aromatic nitrogens is 1. The first-order chi connectivity index (χ1) is 8.54. The smallest absolute Gasteiger partial charge is 0.346 e. The summed E-state index contributed by atoms with van der Waals surface area (Å²) in [6.07, 6.45) is -4.28. The first kappa shape index (κ1) is 11.3. The minimum Gasteiger partial charge on any atom is -0.346 e. The molecule has 0 saturated heterocycles. The van der Waals surface area contributed by atoms with E-state index in [1.165, 1.54) is 12.1 Å². The number of halogens is 3. The summed E-state index contributed by atoms with van der Waals surface area (Å²) in [7, 11) is 0. The normalized spacial score (nSPS) is 12.2. The van der Waals surface area contributed by atoms with Crippen molar-refractivity contribution in [3.05, 3.63) is 47.3 Å². The third kappa shape index (κ3) is 1.90. The van der Waals surface area contributed by atoms with Crippen LogP contribution in [0.5, 0.6) is 0 Å². The van der Waals surface area contributed by atoms with Crippen molar-refractivity contribution >= 4 is 21.6 Å². The summed E-state index contributed by atoms with van der Waals surface area (Å²) < 4.78 is 37.3. The quantitative estimate of drug-likeness (QED) is 0.644. The molecule has 5 heteroatoms. The first-order valence-electron chi connectivity index (χ1n) is 5.28. The third-order valence-electron chi connectivity index (χ3n) is 2.77. The van der Waals surface area contributed by atoms with Crippen LogP contribution in [0, 0.1) is 0 Å². The zero-order chi connectivity index (χ0) is 12.8. The number of nitrogens with one attached hydrogen (secondary N) is 1. The van der Waals surface area contributed by atoms with Gasteiger partial charge in [-0.1, -0.05) is 12.1 Å². The molecule has 1 nitrogen and oxygen atoms in total. The van der Waals surface area contributed by atoms with Crippen LogP contribution in [0.25, 0.3) is 21.5 Å². The predicted octanol–water partition coefficient (Wildman–Crippen LogP) is 4.92. The fourth-order valence-corrected chi connectivity index (χ4v) is 2.63. The molecule has 2 heterocycles. The number of thiophene rings is 1. The van der Waals surface area contributed by atoms with Gasteiger partial charge in [0.15, 0.2) is 0 Å². The van der Waals surface area contributed by atoms with Gasteiger partial charge in [-0.15, -0.1) is 11.3 Å². The van der Waals surface area contributed by atoms with Crippen molar-refractivity contribution in [2.24, 2.45) is 0 Å². The highest BCUT2D eigenvalue weighted by molar-refractivity contribution is 7.16. The van der Waals surface area contributed by atoms with Gasteiger partial charge in [-0.3, -0.25) is 0 Å². The summed E-state index contributed by atoms with van der Waals surface area (Å²) >= 11 is 1.57. The predicted molar refractivity (Wildman–Crippen MR) is 66.6 cm³/mol. The standard InChI is InChI=1S/C13H8F3NS/c14-13(15,16)10-3-1-8(2-4-10)11-7-9-5-6-18-12(9)17-11/h1-7,17H. The van der Waals surface area contributed by atoms with Gasteiger partial charge >= 0.3 is 6.18 Å². The Kier molecular flexibility index (Phi) is 2.45. The summed E-state index contributed by atoms with van der Waals surface area (Å²) in [4.78, 5) is 4.22. The van der Waals surface area contributed by atoms with E-state index in [0.29, 0.717) is 0 Å². The Hall–Kier alpha value is -1.75. The molecule has 0 bridgehead atoms. The Morgan fingerprint density at radius 2 is 1.72 bits per heavy atom. The molecule has 0 aliphatic rings. The molecule has 0 fully saturated rings. The van der Waals surface area contributed by atoms with Crippen molar-refractivity contribution in [3.8, 4) is 11.3 Å². The number of H-pyrrole nitrogens is 1. The van der Waals surface area contributed by atoms with Gasteiger partial charge in [-0.2, -0.15) is 13.2 Å². The SMILES string of the molecule is FC(F)(F)c1ccc(-c2cc3ccsc3[nH]2)cc1. The van der Waals surface area contributed by atoms with Crippen molar-refractivity contribution < 1.29 is 13.2 Å². The van der Waals surface area contributed by atoms with Gasteiger partial charge < -0.3 is 4.98 Å². The van der Waals surface area contributed by atoms with Crippen LogP contribution < -0.4 is 0 Å². The lowest BCUT2D eigenvalue weighted by Gasteiger charge is -2.06. The summed E-state index contributed by atoms with van der Waals surface area (Å²) in [6.45, 7) is 0. The van der Waals surface area contributed by atoms with E-state index >= 15 is 0 Å². The topological polar surface area (TPSA) is 15.8 Å². The van der Waals surface area contributed by atoms with Gasteiger partial charge in [0.2, 0.25) is 0 Å². The van der Waals surface area contributed by atoms with Crippen LogP contribution in [0.2, 0.25) is 0 Å². The number of rotatable bonds is 1. The lowest BCUT2D eigenvalue weighted by Crippen LogP contribution is -2.03. The van der Waals surface area contributed by atoms with E-state index in [0.717, 1.165) is 33.6 Å². The van der Waals surface area contributed by atoms with E-state index in [4.69, 9.17) is 0 Å². The zero-order valence-electron chi connectivity index (χ0n) is 9.08. The number of hydrogen-bond acceptors (Lipinski definition) is 1. The Bertz CT molecular complexity index is 648. The van der Waals surface area contributed by atoms with Crippen molar-refractivity contribution in [2.75, 3.05) is 0 Å². The Morgan fingerprint density at radius 3 is 2.33 bits per heavy atom. The van der Waals surface area contributed by atoms with Crippen molar-refractivity contribution in [1.82, 2.24) is 4.98 Å². The second-order valence-corrected chi connectivity index (χ2v) is 4.88. The number of fused-ring (bicyclic) bond motifs is 1. The average molecular weight is 267 g/mol. The van der Waals surface area contributed by atoms with Gasteiger partial charge in [0.1, 0.15) is 4.83 Å². The second-order valence-electron chi connectivity index (χ2n) is 3.96. The van der Waals surface area contributed by atoms with Crippen LogP contribution in [0.15, 0.2) is 41.8 Å². The van der Waals surface area contributed by atoms with E-state index in [2.05, 4.69) is 4.98 Å². The lowest BCUT2D eigenvalue weighted by molar-refractivity contribution is -0.137. The molecule has 3 aromatic rings. The molecule has 0 amide bonds. The van der Waals surface area contributed by atoms with Gasteiger partial charge in [-0.25, -0.2) is 0 Å². The molecule has 0 saturated carbocycles. The minimum absolute atomic E-state index is 0.625. The van der Waals surface area contributed by atoms with Crippen LogP contribution in [-0.2, 0) is 6.18 Å². The van der Waals surface area contributed by atoms with E-state index in [9.17, 15) is 13.2 Å². The van der Waals surface area contributed by atoms with E-state index in [1.54, 1.807) is 11.3 Å². The molecule has 1 aromatic carbocycles.